The maximum absolute atomic E-state index is 12.1. The lowest BCUT2D eigenvalue weighted by Gasteiger charge is -2.10. The highest BCUT2D eigenvalue weighted by molar-refractivity contribution is 7.09. The summed E-state index contributed by atoms with van der Waals surface area (Å²) in [5.74, 6) is -0.327. The number of carbonyl (C=O) groups is 2. The molecule has 2 rings (SSSR count). The quantitative estimate of drug-likeness (QED) is 0.723. The lowest BCUT2D eigenvalue weighted by molar-refractivity contribution is 0.0861. The van der Waals surface area contributed by atoms with Gasteiger partial charge in [-0.3, -0.25) is 9.59 Å². The number of amides is 2. The fourth-order valence-corrected chi connectivity index (χ4v) is 2.81. The molecule has 2 amide bonds. The van der Waals surface area contributed by atoms with Gasteiger partial charge in [0.05, 0.1) is 11.8 Å². The topological polar surface area (TPSA) is 106 Å². The van der Waals surface area contributed by atoms with Crippen molar-refractivity contribution in [1.82, 2.24) is 15.0 Å². The zero-order valence-electron chi connectivity index (χ0n) is 12.8. The number of carbonyl (C=O) groups excluding carboxylic acids is 2. The lowest BCUT2D eigenvalue weighted by atomic mass is 10.2. The largest absolute Gasteiger partial charge is 0.395 e. The van der Waals surface area contributed by atoms with Gasteiger partial charge in [0.1, 0.15) is 4.88 Å². The highest BCUT2D eigenvalue weighted by Gasteiger charge is 2.23. The van der Waals surface area contributed by atoms with Crippen LogP contribution in [0.3, 0.4) is 0 Å². The van der Waals surface area contributed by atoms with E-state index in [4.69, 9.17) is 10.5 Å². The molecule has 0 bridgehead atoms. The Morgan fingerprint density at radius 2 is 2.18 bits per heavy atom. The first kappa shape index (κ1) is 16.7. The SMILES string of the molecule is CC(C)CNC(=O)c1nsc(C(=O)NC[C@@H]2CCCO2)c1N. The fraction of sp³-hybridized carbons (Fsp3) is 0.643. The fourth-order valence-electron chi connectivity index (χ4n) is 2.10. The molecule has 1 aromatic rings. The summed E-state index contributed by atoms with van der Waals surface area (Å²) < 4.78 is 9.45. The molecule has 0 aliphatic carbocycles. The second-order valence-corrected chi connectivity index (χ2v) is 6.50. The van der Waals surface area contributed by atoms with Crippen molar-refractivity contribution >= 4 is 29.0 Å². The molecule has 0 saturated carbocycles. The van der Waals surface area contributed by atoms with E-state index in [0.717, 1.165) is 31.0 Å². The zero-order chi connectivity index (χ0) is 16.1. The molecule has 1 saturated heterocycles. The second kappa shape index (κ2) is 7.55. The Morgan fingerprint density at radius 3 is 2.82 bits per heavy atom. The number of nitrogens with two attached hydrogens (primary N) is 1. The predicted octanol–water partition coefficient (Wildman–Crippen LogP) is 1.02. The minimum absolute atomic E-state index is 0.0620. The molecule has 1 atom stereocenters. The molecule has 1 fully saturated rings. The van der Waals surface area contributed by atoms with E-state index < -0.39 is 0 Å². The molecular weight excluding hydrogens is 304 g/mol. The number of nitrogens with zero attached hydrogens (tertiary/aromatic N) is 1. The summed E-state index contributed by atoms with van der Waals surface area (Å²) in [4.78, 5) is 24.4. The third-order valence-corrected chi connectivity index (χ3v) is 4.20. The summed E-state index contributed by atoms with van der Waals surface area (Å²) in [6.07, 6.45) is 2.02. The van der Waals surface area contributed by atoms with Gasteiger partial charge in [0.15, 0.2) is 5.69 Å². The Labute approximate surface area is 133 Å². The van der Waals surface area contributed by atoms with E-state index in [0.29, 0.717) is 19.0 Å². The maximum Gasteiger partial charge on any atom is 0.273 e. The smallest absolute Gasteiger partial charge is 0.273 e. The van der Waals surface area contributed by atoms with Crippen LogP contribution in [0.4, 0.5) is 5.69 Å². The van der Waals surface area contributed by atoms with Gasteiger partial charge < -0.3 is 21.1 Å². The van der Waals surface area contributed by atoms with Crippen molar-refractivity contribution in [2.75, 3.05) is 25.4 Å². The number of anilines is 1. The van der Waals surface area contributed by atoms with Crippen molar-refractivity contribution in [3.8, 4) is 0 Å². The van der Waals surface area contributed by atoms with Crippen LogP contribution in [0.25, 0.3) is 0 Å². The molecule has 1 aliphatic rings. The third kappa shape index (κ3) is 4.17. The van der Waals surface area contributed by atoms with E-state index in [-0.39, 0.29) is 34.2 Å². The molecular formula is C14H22N4O3S. The van der Waals surface area contributed by atoms with E-state index in [1.54, 1.807) is 0 Å². The first-order chi connectivity index (χ1) is 10.5. The first-order valence-electron chi connectivity index (χ1n) is 7.42. The summed E-state index contributed by atoms with van der Waals surface area (Å²) in [7, 11) is 0. The van der Waals surface area contributed by atoms with Crippen molar-refractivity contribution in [2.45, 2.75) is 32.8 Å². The Balaban J connectivity index is 1.94. The number of rotatable bonds is 6. The predicted molar refractivity (Wildman–Crippen MR) is 85.0 cm³/mol. The van der Waals surface area contributed by atoms with Gasteiger partial charge in [-0.2, -0.15) is 4.37 Å². The van der Waals surface area contributed by atoms with Gasteiger partial charge in [0.25, 0.3) is 11.8 Å². The van der Waals surface area contributed by atoms with Crippen LogP contribution in [0, 0.1) is 5.92 Å². The van der Waals surface area contributed by atoms with E-state index in [1.807, 2.05) is 13.8 Å². The average molecular weight is 326 g/mol. The van der Waals surface area contributed by atoms with Gasteiger partial charge in [0.2, 0.25) is 0 Å². The number of hydrogen-bond donors (Lipinski definition) is 3. The molecule has 0 aromatic carbocycles. The molecule has 0 unspecified atom stereocenters. The van der Waals surface area contributed by atoms with E-state index in [2.05, 4.69) is 15.0 Å². The molecule has 22 heavy (non-hydrogen) atoms. The first-order valence-corrected chi connectivity index (χ1v) is 8.19. The van der Waals surface area contributed by atoms with Gasteiger partial charge in [-0.05, 0) is 30.3 Å². The van der Waals surface area contributed by atoms with Crippen molar-refractivity contribution < 1.29 is 14.3 Å². The number of nitrogen functional groups attached to an aromatic ring is 1. The molecule has 2 heterocycles. The number of ether oxygens (including phenoxy) is 1. The molecule has 4 N–H and O–H groups in total. The Bertz CT molecular complexity index is 538. The maximum atomic E-state index is 12.1. The van der Waals surface area contributed by atoms with Crippen molar-refractivity contribution in [1.29, 1.82) is 0 Å². The van der Waals surface area contributed by atoms with Crippen LogP contribution < -0.4 is 16.4 Å². The summed E-state index contributed by atoms with van der Waals surface area (Å²) in [6.45, 7) is 5.72. The van der Waals surface area contributed by atoms with Crippen molar-refractivity contribution in [3.05, 3.63) is 10.6 Å². The molecule has 7 nitrogen and oxygen atoms in total. The van der Waals surface area contributed by atoms with Crippen LogP contribution in [0.1, 0.15) is 46.8 Å². The molecule has 0 spiro atoms. The summed E-state index contributed by atoms with van der Waals surface area (Å²) in [6, 6.07) is 0. The molecule has 1 aliphatic heterocycles. The summed E-state index contributed by atoms with van der Waals surface area (Å²) >= 11 is 0.941. The van der Waals surface area contributed by atoms with Crippen molar-refractivity contribution in [3.63, 3.8) is 0 Å². The van der Waals surface area contributed by atoms with Gasteiger partial charge in [-0.1, -0.05) is 13.8 Å². The van der Waals surface area contributed by atoms with E-state index >= 15 is 0 Å². The van der Waals surface area contributed by atoms with Crippen LogP contribution in [-0.2, 0) is 4.74 Å². The summed E-state index contributed by atoms with van der Waals surface area (Å²) in [5, 5.41) is 5.52. The minimum atomic E-state index is -0.347. The van der Waals surface area contributed by atoms with Gasteiger partial charge in [-0.25, -0.2) is 0 Å². The standard InChI is InChI=1S/C14H22N4O3S/c1-8(2)6-16-13(19)11-10(15)12(22-18-11)14(20)17-7-9-4-3-5-21-9/h8-9H,3-7,15H2,1-2H3,(H,16,19)(H,17,20)/t9-/m0/s1. The van der Waals surface area contributed by atoms with E-state index in [9.17, 15) is 9.59 Å². The molecule has 8 heteroatoms. The molecule has 122 valence electrons. The summed E-state index contributed by atoms with van der Waals surface area (Å²) in [5.41, 5.74) is 6.14. The second-order valence-electron chi connectivity index (χ2n) is 5.72. The highest BCUT2D eigenvalue weighted by atomic mass is 32.1. The highest BCUT2D eigenvalue weighted by Crippen LogP contribution is 2.21. The third-order valence-electron chi connectivity index (χ3n) is 3.33. The Morgan fingerprint density at radius 1 is 1.41 bits per heavy atom. The number of aromatic nitrogens is 1. The van der Waals surface area contributed by atoms with Crippen molar-refractivity contribution in [2.24, 2.45) is 5.92 Å². The van der Waals surface area contributed by atoms with Crippen LogP contribution in [0.15, 0.2) is 0 Å². The van der Waals surface area contributed by atoms with E-state index in [1.165, 1.54) is 0 Å². The van der Waals surface area contributed by atoms with Crippen LogP contribution >= 0.6 is 11.5 Å². The van der Waals surface area contributed by atoms with Crippen LogP contribution in [-0.4, -0.2) is 42.0 Å². The zero-order valence-corrected chi connectivity index (χ0v) is 13.7. The molecule has 1 aromatic heterocycles. The van der Waals surface area contributed by atoms with Gasteiger partial charge in [-0.15, -0.1) is 0 Å². The van der Waals surface area contributed by atoms with Crippen LogP contribution in [0.2, 0.25) is 0 Å². The normalized spacial score (nSPS) is 17.7. The molecule has 0 radical (unpaired) electrons. The monoisotopic (exact) mass is 326 g/mol. The van der Waals surface area contributed by atoms with Crippen LogP contribution in [0.5, 0.6) is 0 Å². The Kier molecular flexibility index (Phi) is 5.73. The Hall–Kier alpha value is -1.67. The van der Waals surface area contributed by atoms with Gasteiger partial charge in [0, 0.05) is 19.7 Å². The lowest BCUT2D eigenvalue weighted by Crippen LogP contribution is -2.32. The number of hydrogen-bond acceptors (Lipinski definition) is 6. The average Bonchev–Trinajstić information content (AvgIpc) is 3.11. The minimum Gasteiger partial charge on any atom is -0.395 e. The number of nitrogens with one attached hydrogen (secondary N) is 2. The van der Waals surface area contributed by atoms with Gasteiger partial charge >= 0.3 is 0 Å².